The molecule has 3 aromatic rings. The number of nitrogens with zero attached hydrogens (tertiary/aromatic N) is 2. The van der Waals surface area contributed by atoms with Gasteiger partial charge in [0.25, 0.3) is 0 Å². The van der Waals surface area contributed by atoms with Crippen LogP contribution in [0.3, 0.4) is 0 Å². The lowest BCUT2D eigenvalue weighted by molar-refractivity contribution is -0.120. The number of aromatic nitrogens is 2. The summed E-state index contributed by atoms with van der Waals surface area (Å²) in [6.45, 7) is 4.06. The van der Waals surface area contributed by atoms with Crippen LogP contribution in [0.5, 0.6) is 0 Å². The standard InChI is InChI=1S/C21H23ClN4O3S/c1-15-20(16(2)26(25-15)18-10-8-17(22)9-11-18)14-21(27)23-12-13-24-30(28,29)19-6-4-3-5-7-19/h3-11,24H,12-14H2,1-2H3,(H,23,27). The molecule has 0 fully saturated rings. The van der Waals surface area contributed by atoms with Crippen LogP contribution in [-0.4, -0.2) is 37.2 Å². The van der Waals surface area contributed by atoms with Gasteiger partial charge in [-0.2, -0.15) is 5.10 Å². The van der Waals surface area contributed by atoms with Crippen molar-refractivity contribution in [1.82, 2.24) is 19.8 Å². The summed E-state index contributed by atoms with van der Waals surface area (Å²) in [4.78, 5) is 12.6. The number of carbonyl (C=O) groups is 1. The Hall–Kier alpha value is -2.68. The summed E-state index contributed by atoms with van der Waals surface area (Å²) in [7, 11) is -3.58. The van der Waals surface area contributed by atoms with Crippen LogP contribution in [0.4, 0.5) is 0 Å². The van der Waals surface area contributed by atoms with Crippen molar-refractivity contribution in [2.24, 2.45) is 0 Å². The van der Waals surface area contributed by atoms with Gasteiger partial charge in [-0.1, -0.05) is 29.8 Å². The molecule has 30 heavy (non-hydrogen) atoms. The Kier molecular flexibility index (Phi) is 6.91. The maximum absolute atomic E-state index is 12.4. The molecule has 1 heterocycles. The predicted molar refractivity (Wildman–Crippen MR) is 116 cm³/mol. The molecule has 7 nitrogen and oxygen atoms in total. The Morgan fingerprint density at radius 2 is 1.70 bits per heavy atom. The molecule has 1 aromatic heterocycles. The third-order valence-electron chi connectivity index (χ3n) is 4.64. The average molecular weight is 447 g/mol. The van der Waals surface area contributed by atoms with E-state index in [0.29, 0.717) is 5.02 Å². The molecular weight excluding hydrogens is 424 g/mol. The zero-order chi connectivity index (χ0) is 21.7. The van der Waals surface area contributed by atoms with E-state index in [2.05, 4.69) is 15.1 Å². The number of hydrogen-bond acceptors (Lipinski definition) is 4. The molecule has 0 saturated carbocycles. The normalized spacial score (nSPS) is 11.4. The summed E-state index contributed by atoms with van der Waals surface area (Å²) in [5, 5.41) is 7.91. The number of nitrogens with one attached hydrogen (secondary N) is 2. The molecule has 0 bridgehead atoms. The Morgan fingerprint density at radius 1 is 1.03 bits per heavy atom. The second kappa shape index (κ2) is 9.42. The number of hydrogen-bond donors (Lipinski definition) is 2. The molecule has 2 N–H and O–H groups in total. The summed E-state index contributed by atoms with van der Waals surface area (Å²) in [6.07, 6.45) is 0.163. The number of amides is 1. The highest BCUT2D eigenvalue weighted by atomic mass is 35.5. The fraction of sp³-hybridized carbons (Fsp3) is 0.238. The van der Waals surface area contributed by atoms with Gasteiger partial charge in [0.1, 0.15) is 0 Å². The van der Waals surface area contributed by atoms with E-state index in [1.165, 1.54) is 12.1 Å². The van der Waals surface area contributed by atoms with Crippen molar-refractivity contribution in [3.8, 4) is 5.69 Å². The lowest BCUT2D eigenvalue weighted by Crippen LogP contribution is -2.35. The average Bonchev–Trinajstić information content (AvgIpc) is 3.01. The van der Waals surface area contributed by atoms with Crippen molar-refractivity contribution in [2.45, 2.75) is 25.2 Å². The van der Waals surface area contributed by atoms with Gasteiger partial charge in [-0.15, -0.1) is 0 Å². The minimum atomic E-state index is -3.58. The summed E-state index contributed by atoms with van der Waals surface area (Å²) >= 11 is 5.94. The molecule has 0 radical (unpaired) electrons. The SMILES string of the molecule is Cc1nn(-c2ccc(Cl)cc2)c(C)c1CC(=O)NCCNS(=O)(=O)c1ccccc1. The number of sulfonamides is 1. The minimum absolute atomic E-state index is 0.102. The van der Waals surface area contributed by atoms with E-state index in [1.54, 1.807) is 35.0 Å². The Bertz CT molecular complexity index is 1130. The predicted octanol–water partition coefficient (Wildman–Crippen LogP) is 2.78. The summed E-state index contributed by atoms with van der Waals surface area (Å²) in [6, 6.07) is 15.4. The van der Waals surface area contributed by atoms with E-state index >= 15 is 0 Å². The molecule has 1 amide bonds. The van der Waals surface area contributed by atoms with E-state index in [-0.39, 0.29) is 30.3 Å². The van der Waals surface area contributed by atoms with E-state index in [1.807, 2.05) is 26.0 Å². The highest BCUT2D eigenvalue weighted by Gasteiger charge is 2.16. The highest BCUT2D eigenvalue weighted by Crippen LogP contribution is 2.20. The van der Waals surface area contributed by atoms with Crippen molar-refractivity contribution in [3.05, 3.63) is 76.6 Å². The van der Waals surface area contributed by atoms with Crippen LogP contribution >= 0.6 is 11.6 Å². The van der Waals surface area contributed by atoms with Crippen molar-refractivity contribution >= 4 is 27.5 Å². The maximum Gasteiger partial charge on any atom is 0.240 e. The van der Waals surface area contributed by atoms with Gasteiger partial charge in [0.15, 0.2) is 0 Å². The van der Waals surface area contributed by atoms with Crippen molar-refractivity contribution in [2.75, 3.05) is 13.1 Å². The van der Waals surface area contributed by atoms with Gasteiger partial charge < -0.3 is 5.32 Å². The van der Waals surface area contributed by atoms with E-state index in [4.69, 9.17) is 11.6 Å². The number of carbonyl (C=O) groups excluding carboxylic acids is 1. The number of halogens is 1. The zero-order valence-electron chi connectivity index (χ0n) is 16.7. The lowest BCUT2D eigenvalue weighted by Gasteiger charge is -2.09. The van der Waals surface area contributed by atoms with Gasteiger partial charge in [0, 0.05) is 29.4 Å². The molecule has 0 aliphatic heterocycles. The van der Waals surface area contributed by atoms with E-state index in [9.17, 15) is 13.2 Å². The fourth-order valence-corrected chi connectivity index (χ4v) is 4.24. The minimum Gasteiger partial charge on any atom is -0.354 e. The molecule has 9 heteroatoms. The van der Waals surface area contributed by atoms with E-state index in [0.717, 1.165) is 22.6 Å². The Labute approximate surface area is 181 Å². The molecule has 0 aliphatic carbocycles. The molecule has 158 valence electrons. The van der Waals surface area contributed by atoms with Crippen LogP contribution < -0.4 is 10.0 Å². The van der Waals surface area contributed by atoms with Gasteiger partial charge in [-0.05, 0) is 50.2 Å². The lowest BCUT2D eigenvalue weighted by atomic mass is 10.1. The zero-order valence-corrected chi connectivity index (χ0v) is 18.3. The van der Waals surface area contributed by atoms with Crippen molar-refractivity contribution < 1.29 is 13.2 Å². The molecular formula is C21H23ClN4O3S. The van der Waals surface area contributed by atoms with Crippen molar-refractivity contribution in [3.63, 3.8) is 0 Å². The summed E-state index contributed by atoms with van der Waals surface area (Å²) in [5.41, 5.74) is 3.34. The molecule has 0 unspecified atom stereocenters. The first-order valence-corrected chi connectivity index (χ1v) is 11.3. The third kappa shape index (κ3) is 5.27. The highest BCUT2D eigenvalue weighted by molar-refractivity contribution is 7.89. The first-order valence-electron chi connectivity index (χ1n) is 9.40. The molecule has 0 aliphatic rings. The Balaban J connectivity index is 1.56. The van der Waals surface area contributed by atoms with Gasteiger partial charge in [-0.3, -0.25) is 4.79 Å². The van der Waals surface area contributed by atoms with Gasteiger partial charge in [-0.25, -0.2) is 17.8 Å². The number of benzene rings is 2. The van der Waals surface area contributed by atoms with Crippen molar-refractivity contribution in [1.29, 1.82) is 0 Å². The maximum atomic E-state index is 12.4. The van der Waals surface area contributed by atoms with Crippen LogP contribution in [0, 0.1) is 13.8 Å². The quantitative estimate of drug-likeness (QED) is 0.520. The first-order chi connectivity index (χ1) is 14.3. The Morgan fingerprint density at radius 3 is 2.37 bits per heavy atom. The second-order valence-electron chi connectivity index (χ2n) is 6.78. The number of rotatable bonds is 8. The monoisotopic (exact) mass is 446 g/mol. The van der Waals surface area contributed by atoms with E-state index < -0.39 is 10.0 Å². The summed E-state index contributed by atoms with van der Waals surface area (Å²) in [5.74, 6) is -0.198. The molecule has 0 atom stereocenters. The smallest absolute Gasteiger partial charge is 0.240 e. The van der Waals surface area contributed by atoms with Crippen LogP contribution in [0.2, 0.25) is 5.02 Å². The van der Waals surface area contributed by atoms with Crippen LogP contribution in [0.25, 0.3) is 5.69 Å². The van der Waals surface area contributed by atoms with Crippen LogP contribution in [0.15, 0.2) is 59.5 Å². The molecule has 3 rings (SSSR count). The third-order valence-corrected chi connectivity index (χ3v) is 6.37. The largest absolute Gasteiger partial charge is 0.354 e. The van der Waals surface area contributed by atoms with Gasteiger partial charge in [0.05, 0.1) is 22.7 Å². The van der Waals surface area contributed by atoms with Gasteiger partial charge in [0.2, 0.25) is 15.9 Å². The van der Waals surface area contributed by atoms with Crippen LogP contribution in [0.1, 0.15) is 17.0 Å². The second-order valence-corrected chi connectivity index (χ2v) is 8.98. The fourth-order valence-electron chi connectivity index (χ4n) is 3.06. The molecule has 0 spiro atoms. The molecule has 2 aromatic carbocycles. The molecule has 0 saturated heterocycles. The first kappa shape index (κ1) is 22.0. The van der Waals surface area contributed by atoms with Gasteiger partial charge >= 0.3 is 0 Å². The topological polar surface area (TPSA) is 93.1 Å². The number of aryl methyl sites for hydroxylation is 1. The summed E-state index contributed by atoms with van der Waals surface area (Å²) < 4.78 is 28.6. The van der Waals surface area contributed by atoms with Crippen LogP contribution in [-0.2, 0) is 21.2 Å².